The lowest BCUT2D eigenvalue weighted by Crippen LogP contribution is -2.38. The average Bonchev–Trinajstić information content (AvgIpc) is 2.95. The molecule has 0 unspecified atom stereocenters. The summed E-state index contributed by atoms with van der Waals surface area (Å²) in [6.45, 7) is 7.47. The van der Waals surface area contributed by atoms with Crippen LogP contribution in [0.25, 0.3) is 0 Å². The number of aromatic nitrogens is 2. The van der Waals surface area contributed by atoms with Gasteiger partial charge in [-0.25, -0.2) is 4.99 Å². The van der Waals surface area contributed by atoms with Gasteiger partial charge in [-0.2, -0.15) is 5.10 Å². The first-order chi connectivity index (χ1) is 10.8. The highest BCUT2D eigenvalue weighted by Gasteiger charge is 1.98. The molecule has 0 amide bonds. The number of aliphatic imine (C=N–C) groups is 1. The first kappa shape index (κ1) is 19.5. The predicted molar refractivity (Wildman–Crippen MR) is 106 cm³/mol. The minimum atomic E-state index is 0. The number of nitrogens with zero attached hydrogens (tertiary/aromatic N) is 3. The zero-order valence-electron chi connectivity index (χ0n) is 13.8. The van der Waals surface area contributed by atoms with E-state index in [-0.39, 0.29) is 24.0 Å². The largest absolute Gasteiger partial charge is 0.357 e. The lowest BCUT2D eigenvalue weighted by atomic mass is 10.2. The molecule has 2 aromatic rings. The van der Waals surface area contributed by atoms with Crippen molar-refractivity contribution in [3.8, 4) is 0 Å². The van der Waals surface area contributed by atoms with E-state index in [2.05, 4.69) is 52.9 Å². The fourth-order valence-electron chi connectivity index (χ4n) is 2.13. The molecule has 0 aliphatic rings. The first-order valence-corrected chi connectivity index (χ1v) is 7.83. The van der Waals surface area contributed by atoms with Crippen molar-refractivity contribution in [2.24, 2.45) is 4.99 Å². The Bertz CT molecular complexity index is 580. The molecule has 23 heavy (non-hydrogen) atoms. The summed E-state index contributed by atoms with van der Waals surface area (Å²) in [7, 11) is 0. The molecule has 1 aromatic carbocycles. The van der Waals surface area contributed by atoms with Gasteiger partial charge < -0.3 is 10.6 Å². The van der Waals surface area contributed by atoms with E-state index in [0.29, 0.717) is 6.54 Å². The van der Waals surface area contributed by atoms with Crippen LogP contribution in [0, 0.1) is 6.92 Å². The van der Waals surface area contributed by atoms with E-state index in [9.17, 15) is 0 Å². The van der Waals surface area contributed by atoms with Crippen molar-refractivity contribution in [3.63, 3.8) is 0 Å². The van der Waals surface area contributed by atoms with Gasteiger partial charge in [0.15, 0.2) is 5.96 Å². The molecule has 0 spiro atoms. The Kier molecular flexibility index (Phi) is 9.35. The first-order valence-electron chi connectivity index (χ1n) is 7.83. The van der Waals surface area contributed by atoms with E-state index in [1.165, 1.54) is 11.1 Å². The van der Waals surface area contributed by atoms with Crippen LogP contribution in [0.5, 0.6) is 0 Å². The maximum Gasteiger partial charge on any atom is 0.191 e. The molecule has 2 N–H and O–H groups in total. The third-order valence-corrected chi connectivity index (χ3v) is 3.23. The van der Waals surface area contributed by atoms with Crippen molar-refractivity contribution in [2.75, 3.05) is 13.1 Å². The molecule has 1 heterocycles. The molecule has 0 aliphatic carbocycles. The molecule has 2 rings (SSSR count). The Hall–Kier alpha value is -1.57. The smallest absolute Gasteiger partial charge is 0.191 e. The lowest BCUT2D eigenvalue weighted by Gasteiger charge is -2.11. The summed E-state index contributed by atoms with van der Waals surface area (Å²) in [5, 5.41) is 10.9. The summed E-state index contributed by atoms with van der Waals surface area (Å²) >= 11 is 0. The maximum absolute atomic E-state index is 4.60. The van der Waals surface area contributed by atoms with Gasteiger partial charge >= 0.3 is 0 Å². The van der Waals surface area contributed by atoms with Gasteiger partial charge in [0.2, 0.25) is 0 Å². The molecule has 0 bridgehead atoms. The molecule has 0 saturated carbocycles. The van der Waals surface area contributed by atoms with Gasteiger partial charge in [0.25, 0.3) is 0 Å². The molecule has 126 valence electrons. The van der Waals surface area contributed by atoms with Gasteiger partial charge in [-0.05, 0) is 31.4 Å². The van der Waals surface area contributed by atoms with Crippen LogP contribution in [-0.4, -0.2) is 28.8 Å². The summed E-state index contributed by atoms with van der Waals surface area (Å²) in [6, 6.07) is 10.3. The van der Waals surface area contributed by atoms with Gasteiger partial charge in [0.1, 0.15) is 0 Å². The number of aryl methyl sites for hydroxylation is 2. The Balaban J connectivity index is 0.00000264. The van der Waals surface area contributed by atoms with E-state index in [4.69, 9.17) is 0 Å². The number of rotatable bonds is 7. The monoisotopic (exact) mass is 427 g/mol. The van der Waals surface area contributed by atoms with Crippen molar-refractivity contribution in [1.29, 1.82) is 0 Å². The summed E-state index contributed by atoms with van der Waals surface area (Å²) in [4.78, 5) is 4.60. The van der Waals surface area contributed by atoms with Crippen LogP contribution in [0.2, 0.25) is 0 Å². The van der Waals surface area contributed by atoms with Crippen LogP contribution in [0.4, 0.5) is 0 Å². The average molecular weight is 427 g/mol. The number of hydrogen-bond acceptors (Lipinski definition) is 2. The number of nitrogens with one attached hydrogen (secondary N) is 2. The molecule has 5 nitrogen and oxygen atoms in total. The van der Waals surface area contributed by atoms with Crippen molar-refractivity contribution >= 4 is 29.9 Å². The van der Waals surface area contributed by atoms with Gasteiger partial charge in [-0.15, -0.1) is 24.0 Å². The van der Waals surface area contributed by atoms with E-state index in [0.717, 1.165) is 32.0 Å². The Morgan fingerprint density at radius 2 is 2.00 bits per heavy atom. The van der Waals surface area contributed by atoms with Crippen LogP contribution in [0.15, 0.2) is 47.7 Å². The van der Waals surface area contributed by atoms with Gasteiger partial charge in [-0.1, -0.05) is 30.3 Å². The molecule has 0 fully saturated rings. The molecule has 6 heteroatoms. The summed E-state index contributed by atoms with van der Waals surface area (Å²) in [5.74, 6) is 0.864. The van der Waals surface area contributed by atoms with Crippen LogP contribution in [0.1, 0.15) is 24.5 Å². The van der Waals surface area contributed by atoms with Crippen LogP contribution < -0.4 is 10.6 Å². The third-order valence-electron chi connectivity index (χ3n) is 3.23. The second-order valence-electron chi connectivity index (χ2n) is 5.24. The van der Waals surface area contributed by atoms with E-state index >= 15 is 0 Å². The number of guanidine groups is 1. The van der Waals surface area contributed by atoms with Crippen molar-refractivity contribution < 1.29 is 0 Å². The highest BCUT2D eigenvalue weighted by atomic mass is 127. The highest BCUT2D eigenvalue weighted by Crippen LogP contribution is 2.00. The van der Waals surface area contributed by atoms with Crippen LogP contribution >= 0.6 is 24.0 Å². The van der Waals surface area contributed by atoms with Crippen molar-refractivity contribution in [2.45, 2.75) is 33.4 Å². The van der Waals surface area contributed by atoms with Crippen LogP contribution in [-0.2, 0) is 13.1 Å². The van der Waals surface area contributed by atoms with Gasteiger partial charge in [-0.3, -0.25) is 4.68 Å². The molecular formula is C17H26IN5. The predicted octanol–water partition coefficient (Wildman–Crippen LogP) is 2.95. The molecular weight excluding hydrogens is 401 g/mol. The zero-order chi connectivity index (χ0) is 15.6. The molecule has 0 aliphatic heterocycles. The number of hydrogen-bond donors (Lipinski definition) is 2. The fraction of sp³-hybridized carbons (Fsp3) is 0.412. The lowest BCUT2D eigenvalue weighted by molar-refractivity contribution is 0.570. The minimum absolute atomic E-state index is 0. The minimum Gasteiger partial charge on any atom is -0.357 e. The third kappa shape index (κ3) is 7.49. The van der Waals surface area contributed by atoms with E-state index in [1.807, 2.05) is 29.1 Å². The van der Waals surface area contributed by atoms with Gasteiger partial charge in [0.05, 0.1) is 12.7 Å². The molecule has 0 radical (unpaired) electrons. The van der Waals surface area contributed by atoms with Crippen LogP contribution in [0.3, 0.4) is 0 Å². The van der Waals surface area contributed by atoms with E-state index in [1.54, 1.807) is 0 Å². The molecule has 1 aromatic heterocycles. The standard InChI is InChI=1S/C17H25N5.HI/c1-3-18-17(20-13-16-8-5-4-6-9-16)19-10-7-11-22-14-15(2)12-21-22;/h4-6,8-9,12,14H,3,7,10-11,13H2,1-2H3,(H2,18,19,20);1H. The SMILES string of the molecule is CCNC(=NCc1ccccc1)NCCCn1cc(C)cn1.I. The Morgan fingerprint density at radius 1 is 1.22 bits per heavy atom. The number of benzene rings is 1. The molecule has 0 atom stereocenters. The summed E-state index contributed by atoms with van der Waals surface area (Å²) in [5.41, 5.74) is 2.41. The Labute approximate surface area is 155 Å². The Morgan fingerprint density at radius 3 is 2.65 bits per heavy atom. The number of halogens is 1. The highest BCUT2D eigenvalue weighted by molar-refractivity contribution is 14.0. The van der Waals surface area contributed by atoms with E-state index < -0.39 is 0 Å². The van der Waals surface area contributed by atoms with Gasteiger partial charge in [0, 0.05) is 25.8 Å². The quantitative estimate of drug-likeness (QED) is 0.309. The van der Waals surface area contributed by atoms with Crippen molar-refractivity contribution in [3.05, 3.63) is 53.9 Å². The zero-order valence-corrected chi connectivity index (χ0v) is 16.2. The second-order valence-corrected chi connectivity index (χ2v) is 5.24. The summed E-state index contributed by atoms with van der Waals surface area (Å²) in [6.07, 6.45) is 4.96. The second kappa shape index (κ2) is 11.0. The molecule has 0 saturated heterocycles. The van der Waals surface area contributed by atoms with Crippen molar-refractivity contribution in [1.82, 2.24) is 20.4 Å². The fourth-order valence-corrected chi connectivity index (χ4v) is 2.13. The normalized spacial score (nSPS) is 11.0. The maximum atomic E-state index is 4.60. The topological polar surface area (TPSA) is 54.2 Å². The summed E-state index contributed by atoms with van der Waals surface area (Å²) < 4.78 is 1.98.